The van der Waals surface area contributed by atoms with Gasteiger partial charge in [-0.3, -0.25) is 14.8 Å². The SMILES string of the molecule is O=C(/C=C/c1ccncc1)N(Cc1cccnc1)Cc1ccco1. The van der Waals surface area contributed by atoms with Gasteiger partial charge in [0.25, 0.3) is 0 Å². The van der Waals surface area contributed by atoms with Gasteiger partial charge >= 0.3 is 0 Å². The Hall–Kier alpha value is -3.21. The van der Waals surface area contributed by atoms with Gasteiger partial charge in [0.2, 0.25) is 5.91 Å². The van der Waals surface area contributed by atoms with Crippen molar-refractivity contribution in [2.45, 2.75) is 13.1 Å². The molecule has 120 valence electrons. The zero-order valence-electron chi connectivity index (χ0n) is 13.1. The Morgan fingerprint density at radius 2 is 1.92 bits per heavy atom. The Morgan fingerprint density at radius 1 is 1.04 bits per heavy atom. The second-order valence-corrected chi connectivity index (χ2v) is 5.25. The van der Waals surface area contributed by atoms with Gasteiger partial charge in [-0.2, -0.15) is 0 Å². The van der Waals surface area contributed by atoms with Crippen LogP contribution in [0.4, 0.5) is 0 Å². The molecule has 3 aromatic rings. The predicted octanol–water partition coefficient (Wildman–Crippen LogP) is 3.31. The average Bonchev–Trinajstić information content (AvgIpc) is 3.14. The third-order valence-electron chi connectivity index (χ3n) is 3.46. The Bertz CT molecular complexity index is 784. The quantitative estimate of drug-likeness (QED) is 0.654. The minimum absolute atomic E-state index is 0.0907. The van der Waals surface area contributed by atoms with E-state index in [-0.39, 0.29) is 5.91 Å². The number of hydrogen-bond donors (Lipinski definition) is 0. The fourth-order valence-corrected chi connectivity index (χ4v) is 2.26. The van der Waals surface area contributed by atoms with Crippen molar-refractivity contribution in [1.82, 2.24) is 14.9 Å². The maximum atomic E-state index is 12.6. The van der Waals surface area contributed by atoms with Gasteiger partial charge in [-0.15, -0.1) is 0 Å². The van der Waals surface area contributed by atoms with Crippen LogP contribution < -0.4 is 0 Å². The van der Waals surface area contributed by atoms with E-state index in [9.17, 15) is 4.79 Å². The normalized spacial score (nSPS) is 10.8. The zero-order chi connectivity index (χ0) is 16.6. The molecule has 0 unspecified atom stereocenters. The summed E-state index contributed by atoms with van der Waals surface area (Å²) in [5.41, 5.74) is 1.90. The molecule has 3 aromatic heterocycles. The summed E-state index contributed by atoms with van der Waals surface area (Å²) in [5.74, 6) is 0.650. The van der Waals surface area contributed by atoms with Gasteiger partial charge in [-0.25, -0.2) is 0 Å². The molecule has 0 aliphatic carbocycles. The molecule has 24 heavy (non-hydrogen) atoms. The molecule has 0 spiro atoms. The number of hydrogen-bond acceptors (Lipinski definition) is 4. The summed E-state index contributed by atoms with van der Waals surface area (Å²) in [6, 6.07) is 11.2. The number of carbonyl (C=O) groups is 1. The summed E-state index contributed by atoms with van der Waals surface area (Å²) in [6.07, 6.45) is 11.8. The van der Waals surface area contributed by atoms with Crippen LogP contribution in [0.1, 0.15) is 16.9 Å². The molecule has 0 fully saturated rings. The molecule has 0 bridgehead atoms. The molecule has 3 heterocycles. The van der Waals surface area contributed by atoms with E-state index in [0.29, 0.717) is 13.1 Å². The lowest BCUT2D eigenvalue weighted by Gasteiger charge is -2.20. The number of nitrogens with zero attached hydrogens (tertiary/aromatic N) is 3. The molecule has 0 aliphatic heterocycles. The van der Waals surface area contributed by atoms with Crippen LogP contribution in [0.5, 0.6) is 0 Å². The highest BCUT2D eigenvalue weighted by Crippen LogP contribution is 2.11. The fourth-order valence-electron chi connectivity index (χ4n) is 2.26. The molecule has 5 nitrogen and oxygen atoms in total. The van der Waals surface area contributed by atoms with Crippen molar-refractivity contribution >= 4 is 12.0 Å². The third kappa shape index (κ3) is 4.39. The van der Waals surface area contributed by atoms with Gasteiger partial charge in [-0.1, -0.05) is 6.07 Å². The Labute approximate surface area is 140 Å². The number of pyridine rings is 2. The van der Waals surface area contributed by atoms with Crippen LogP contribution in [-0.4, -0.2) is 20.8 Å². The minimum atomic E-state index is -0.0907. The maximum Gasteiger partial charge on any atom is 0.247 e. The average molecular weight is 319 g/mol. The van der Waals surface area contributed by atoms with Gasteiger partial charge < -0.3 is 9.32 Å². The lowest BCUT2D eigenvalue weighted by molar-refractivity contribution is -0.127. The molecule has 0 saturated heterocycles. The Balaban J connectivity index is 1.75. The van der Waals surface area contributed by atoms with Crippen molar-refractivity contribution in [3.63, 3.8) is 0 Å². The summed E-state index contributed by atoms with van der Waals surface area (Å²) in [4.78, 5) is 22.4. The van der Waals surface area contributed by atoms with Crippen molar-refractivity contribution in [3.8, 4) is 0 Å². The molecule has 0 saturated carbocycles. The number of rotatable bonds is 6. The number of aromatic nitrogens is 2. The van der Waals surface area contributed by atoms with E-state index in [1.807, 2.05) is 36.4 Å². The second-order valence-electron chi connectivity index (χ2n) is 5.25. The van der Waals surface area contributed by atoms with E-state index in [0.717, 1.165) is 16.9 Å². The van der Waals surface area contributed by atoms with Gasteiger partial charge in [0.1, 0.15) is 5.76 Å². The topological polar surface area (TPSA) is 59.2 Å². The highest BCUT2D eigenvalue weighted by Gasteiger charge is 2.13. The minimum Gasteiger partial charge on any atom is -0.467 e. The lowest BCUT2D eigenvalue weighted by Crippen LogP contribution is -2.28. The smallest absolute Gasteiger partial charge is 0.247 e. The summed E-state index contributed by atoms with van der Waals surface area (Å²) in [6.45, 7) is 0.871. The monoisotopic (exact) mass is 319 g/mol. The predicted molar refractivity (Wildman–Crippen MR) is 90.5 cm³/mol. The zero-order valence-corrected chi connectivity index (χ0v) is 13.1. The number of furan rings is 1. The maximum absolute atomic E-state index is 12.6. The summed E-state index contributed by atoms with van der Waals surface area (Å²) in [5, 5.41) is 0. The first-order valence-electron chi connectivity index (χ1n) is 7.59. The summed E-state index contributed by atoms with van der Waals surface area (Å²) < 4.78 is 5.37. The molecular formula is C19H17N3O2. The van der Waals surface area contributed by atoms with Crippen LogP contribution in [-0.2, 0) is 17.9 Å². The van der Waals surface area contributed by atoms with E-state index in [4.69, 9.17) is 4.42 Å². The van der Waals surface area contributed by atoms with Crippen molar-refractivity contribution < 1.29 is 9.21 Å². The Morgan fingerprint density at radius 3 is 2.62 bits per heavy atom. The third-order valence-corrected chi connectivity index (χ3v) is 3.46. The van der Waals surface area contributed by atoms with Crippen molar-refractivity contribution in [1.29, 1.82) is 0 Å². The molecule has 0 radical (unpaired) electrons. The molecule has 0 aromatic carbocycles. The molecule has 5 heteroatoms. The van der Waals surface area contributed by atoms with E-state index in [2.05, 4.69) is 9.97 Å². The van der Waals surface area contributed by atoms with Crippen LogP contribution in [0.15, 0.2) is 77.9 Å². The lowest BCUT2D eigenvalue weighted by atomic mass is 10.2. The van der Waals surface area contributed by atoms with Crippen LogP contribution in [0.2, 0.25) is 0 Å². The molecule has 1 amide bonds. The fraction of sp³-hybridized carbons (Fsp3) is 0.105. The largest absolute Gasteiger partial charge is 0.467 e. The van der Waals surface area contributed by atoms with Gasteiger partial charge in [-0.05, 0) is 47.5 Å². The van der Waals surface area contributed by atoms with Crippen LogP contribution in [0, 0.1) is 0 Å². The van der Waals surface area contributed by atoms with Crippen LogP contribution in [0.25, 0.3) is 6.08 Å². The number of carbonyl (C=O) groups excluding carboxylic acids is 1. The molecule has 0 atom stereocenters. The Kier molecular flexibility index (Phi) is 5.14. The second kappa shape index (κ2) is 7.87. The first kappa shape index (κ1) is 15.7. The summed E-state index contributed by atoms with van der Waals surface area (Å²) >= 11 is 0. The molecular weight excluding hydrogens is 302 g/mol. The van der Waals surface area contributed by atoms with Gasteiger partial charge in [0.15, 0.2) is 0 Å². The standard InChI is InChI=1S/C19H17N3O2/c23-19(6-5-16-7-10-20-11-8-16)22(15-18-4-2-12-24-18)14-17-3-1-9-21-13-17/h1-13H,14-15H2/b6-5+. The number of amides is 1. The van der Waals surface area contributed by atoms with Crippen LogP contribution >= 0.6 is 0 Å². The van der Waals surface area contributed by atoms with E-state index in [1.165, 1.54) is 0 Å². The van der Waals surface area contributed by atoms with Crippen LogP contribution in [0.3, 0.4) is 0 Å². The van der Waals surface area contributed by atoms with Gasteiger partial charge in [0.05, 0.1) is 12.8 Å². The van der Waals surface area contributed by atoms with E-state index < -0.39 is 0 Å². The van der Waals surface area contributed by atoms with Crippen molar-refractivity contribution in [3.05, 3.63) is 90.4 Å². The van der Waals surface area contributed by atoms with Gasteiger partial charge in [0, 0.05) is 37.4 Å². The van der Waals surface area contributed by atoms with Crippen molar-refractivity contribution in [2.75, 3.05) is 0 Å². The summed E-state index contributed by atoms with van der Waals surface area (Å²) in [7, 11) is 0. The molecule has 0 aliphatic rings. The molecule has 0 N–H and O–H groups in total. The van der Waals surface area contributed by atoms with Crippen molar-refractivity contribution in [2.24, 2.45) is 0 Å². The highest BCUT2D eigenvalue weighted by molar-refractivity contribution is 5.91. The van der Waals surface area contributed by atoms with E-state index >= 15 is 0 Å². The first-order valence-corrected chi connectivity index (χ1v) is 7.59. The highest BCUT2D eigenvalue weighted by atomic mass is 16.3. The van der Waals surface area contributed by atoms with E-state index in [1.54, 1.807) is 48.1 Å². The first-order chi connectivity index (χ1) is 11.8. The molecule has 3 rings (SSSR count).